The molecule has 0 radical (unpaired) electrons. The first-order valence-electron chi connectivity index (χ1n) is 8.44. The molecule has 2 aromatic carbocycles. The average molecular weight is 417 g/mol. The summed E-state index contributed by atoms with van der Waals surface area (Å²) in [6.45, 7) is 5.71. The maximum absolute atomic E-state index is 12.4. The van der Waals surface area contributed by atoms with E-state index < -0.39 is 10.0 Å². The molecule has 1 heterocycles. The van der Waals surface area contributed by atoms with E-state index in [1.54, 1.807) is 19.1 Å². The number of rotatable bonds is 5. The fraction of sp³-hybridized carbons (Fsp3) is 0.158. The second kappa shape index (κ2) is 7.99. The molecule has 0 fully saturated rings. The Bertz CT molecular complexity index is 1090. The maximum atomic E-state index is 12.4. The topological polar surface area (TPSA) is 96.3 Å². The fourth-order valence-corrected chi connectivity index (χ4v) is 3.89. The number of hydrogen-bond acceptors (Lipinski definition) is 5. The Balaban J connectivity index is 1.65. The van der Waals surface area contributed by atoms with E-state index in [-0.39, 0.29) is 10.7 Å². The number of thiocarbonyl (C=S) groups is 1. The highest BCUT2D eigenvalue weighted by molar-refractivity contribution is 7.92. The van der Waals surface area contributed by atoms with Crippen LogP contribution >= 0.6 is 12.2 Å². The van der Waals surface area contributed by atoms with Crippen molar-refractivity contribution in [3.63, 3.8) is 0 Å². The first kappa shape index (κ1) is 19.8. The predicted molar refractivity (Wildman–Crippen MR) is 114 cm³/mol. The lowest BCUT2D eigenvalue weighted by molar-refractivity contribution is 0.400. The molecule has 0 aliphatic heterocycles. The zero-order chi connectivity index (χ0) is 20.3. The van der Waals surface area contributed by atoms with Crippen molar-refractivity contribution in [1.29, 1.82) is 0 Å². The summed E-state index contributed by atoms with van der Waals surface area (Å²) in [6.07, 6.45) is 0. The molecule has 0 atom stereocenters. The summed E-state index contributed by atoms with van der Waals surface area (Å²) in [5.74, 6) is 0.653. The standard InChI is InChI=1S/C19H20N4O3S2/c1-12-8-13(2)10-16(9-12)21-19(27)20-15-4-6-17(7-5-15)28(24,25)23-18-11-14(3)26-22-18/h4-11H,1-3H3,(H,22,23)(H2,20,21,27). The van der Waals surface area contributed by atoms with Gasteiger partial charge in [-0.1, -0.05) is 11.2 Å². The third-order valence-electron chi connectivity index (χ3n) is 3.77. The molecule has 9 heteroatoms. The monoisotopic (exact) mass is 416 g/mol. The van der Waals surface area contributed by atoms with Crippen LogP contribution < -0.4 is 15.4 Å². The molecule has 146 valence electrons. The minimum atomic E-state index is -3.75. The SMILES string of the molecule is Cc1cc(C)cc(NC(=S)Nc2ccc(S(=O)(=O)Nc3cc(C)on3)cc2)c1. The number of nitrogens with one attached hydrogen (secondary N) is 3. The van der Waals surface area contributed by atoms with Gasteiger partial charge < -0.3 is 15.2 Å². The quantitative estimate of drug-likeness (QED) is 0.536. The molecular weight excluding hydrogens is 396 g/mol. The van der Waals surface area contributed by atoms with Gasteiger partial charge in [0, 0.05) is 17.4 Å². The Kier molecular flexibility index (Phi) is 5.66. The largest absolute Gasteiger partial charge is 0.360 e. The first-order valence-corrected chi connectivity index (χ1v) is 10.3. The Labute approximate surface area is 169 Å². The highest BCUT2D eigenvalue weighted by atomic mass is 32.2. The molecule has 0 unspecified atom stereocenters. The van der Waals surface area contributed by atoms with Crippen LogP contribution in [0.15, 0.2) is 57.9 Å². The van der Waals surface area contributed by atoms with E-state index in [4.69, 9.17) is 16.7 Å². The normalized spacial score (nSPS) is 11.1. The van der Waals surface area contributed by atoms with E-state index in [2.05, 4.69) is 26.6 Å². The summed E-state index contributed by atoms with van der Waals surface area (Å²) < 4.78 is 32.0. The Hall–Kier alpha value is -2.91. The molecule has 0 saturated heterocycles. The van der Waals surface area contributed by atoms with Crippen LogP contribution in [0.25, 0.3) is 0 Å². The maximum Gasteiger partial charge on any atom is 0.263 e. The molecule has 3 N–H and O–H groups in total. The van der Waals surface area contributed by atoms with Gasteiger partial charge in [0.05, 0.1) is 4.90 Å². The van der Waals surface area contributed by atoms with Crippen molar-refractivity contribution in [2.45, 2.75) is 25.7 Å². The van der Waals surface area contributed by atoms with Gasteiger partial charge in [-0.05, 0) is 80.5 Å². The van der Waals surface area contributed by atoms with E-state index in [0.717, 1.165) is 16.8 Å². The van der Waals surface area contributed by atoms with Gasteiger partial charge in [-0.25, -0.2) is 8.42 Å². The van der Waals surface area contributed by atoms with Crippen LogP contribution in [-0.2, 0) is 10.0 Å². The van der Waals surface area contributed by atoms with Gasteiger partial charge in [-0.15, -0.1) is 0 Å². The lowest BCUT2D eigenvalue weighted by Gasteiger charge is -2.12. The smallest absolute Gasteiger partial charge is 0.263 e. The minimum absolute atomic E-state index is 0.104. The lowest BCUT2D eigenvalue weighted by Crippen LogP contribution is -2.19. The van der Waals surface area contributed by atoms with Crippen molar-refractivity contribution in [2.75, 3.05) is 15.4 Å². The number of benzene rings is 2. The van der Waals surface area contributed by atoms with Gasteiger partial charge in [0.1, 0.15) is 5.76 Å². The van der Waals surface area contributed by atoms with Crippen molar-refractivity contribution >= 4 is 44.5 Å². The first-order chi connectivity index (χ1) is 13.2. The second-order valence-corrected chi connectivity index (χ2v) is 8.50. The summed E-state index contributed by atoms with van der Waals surface area (Å²) in [5.41, 5.74) is 3.82. The molecule has 3 aromatic rings. The summed E-state index contributed by atoms with van der Waals surface area (Å²) >= 11 is 5.33. The number of aromatic nitrogens is 1. The molecule has 0 bridgehead atoms. The van der Waals surface area contributed by atoms with E-state index in [0.29, 0.717) is 16.6 Å². The van der Waals surface area contributed by atoms with Crippen molar-refractivity contribution in [1.82, 2.24) is 5.16 Å². The predicted octanol–water partition coefficient (Wildman–Crippen LogP) is 4.21. The van der Waals surface area contributed by atoms with E-state index in [1.807, 2.05) is 26.0 Å². The minimum Gasteiger partial charge on any atom is -0.360 e. The highest BCUT2D eigenvalue weighted by Crippen LogP contribution is 2.19. The zero-order valence-electron chi connectivity index (χ0n) is 15.6. The van der Waals surface area contributed by atoms with Crippen molar-refractivity contribution in [3.8, 4) is 0 Å². The summed E-state index contributed by atoms with van der Waals surface area (Å²) in [6, 6.07) is 13.8. The van der Waals surface area contributed by atoms with Crippen molar-refractivity contribution < 1.29 is 12.9 Å². The second-order valence-electron chi connectivity index (χ2n) is 6.41. The summed E-state index contributed by atoms with van der Waals surface area (Å²) in [7, 11) is -3.75. The van der Waals surface area contributed by atoms with Crippen LogP contribution in [0.3, 0.4) is 0 Å². The molecule has 0 saturated carbocycles. The average Bonchev–Trinajstić information content (AvgIpc) is 2.98. The van der Waals surface area contributed by atoms with Gasteiger partial charge in [-0.3, -0.25) is 4.72 Å². The highest BCUT2D eigenvalue weighted by Gasteiger charge is 2.16. The van der Waals surface area contributed by atoms with Crippen LogP contribution in [0.2, 0.25) is 0 Å². The third kappa shape index (κ3) is 5.08. The van der Waals surface area contributed by atoms with E-state index >= 15 is 0 Å². The van der Waals surface area contributed by atoms with Crippen LogP contribution in [0.1, 0.15) is 16.9 Å². The Morgan fingerprint density at radius 3 is 2.11 bits per heavy atom. The summed E-state index contributed by atoms with van der Waals surface area (Å²) in [4.78, 5) is 0.104. The number of sulfonamides is 1. The molecule has 0 aliphatic carbocycles. The lowest BCUT2D eigenvalue weighted by atomic mass is 10.1. The van der Waals surface area contributed by atoms with E-state index in [9.17, 15) is 8.42 Å². The van der Waals surface area contributed by atoms with Crippen molar-refractivity contribution in [2.24, 2.45) is 0 Å². The van der Waals surface area contributed by atoms with Crippen LogP contribution in [0.5, 0.6) is 0 Å². The summed E-state index contributed by atoms with van der Waals surface area (Å²) in [5, 5.41) is 10.2. The van der Waals surface area contributed by atoms with Crippen LogP contribution in [-0.4, -0.2) is 18.7 Å². The van der Waals surface area contributed by atoms with Gasteiger partial charge >= 0.3 is 0 Å². The molecule has 1 aromatic heterocycles. The van der Waals surface area contributed by atoms with Crippen LogP contribution in [0, 0.1) is 20.8 Å². The molecular formula is C19H20N4O3S2. The number of nitrogens with zero attached hydrogens (tertiary/aromatic N) is 1. The molecule has 0 amide bonds. The molecule has 7 nitrogen and oxygen atoms in total. The van der Waals surface area contributed by atoms with E-state index in [1.165, 1.54) is 18.2 Å². The molecule has 0 aliphatic rings. The Morgan fingerprint density at radius 2 is 1.54 bits per heavy atom. The number of anilines is 3. The number of hydrogen-bond donors (Lipinski definition) is 3. The van der Waals surface area contributed by atoms with Crippen molar-refractivity contribution in [3.05, 3.63) is 65.4 Å². The van der Waals surface area contributed by atoms with Gasteiger partial charge in [-0.2, -0.15) is 0 Å². The Morgan fingerprint density at radius 1 is 0.929 bits per heavy atom. The van der Waals surface area contributed by atoms with Gasteiger partial charge in [0.2, 0.25) is 0 Å². The van der Waals surface area contributed by atoms with Gasteiger partial charge in [0.25, 0.3) is 10.0 Å². The number of aryl methyl sites for hydroxylation is 3. The van der Waals surface area contributed by atoms with Gasteiger partial charge in [0.15, 0.2) is 10.9 Å². The zero-order valence-corrected chi connectivity index (χ0v) is 17.2. The van der Waals surface area contributed by atoms with Crippen LogP contribution in [0.4, 0.5) is 17.2 Å². The molecule has 28 heavy (non-hydrogen) atoms. The molecule has 3 rings (SSSR count). The molecule has 0 spiro atoms. The fourth-order valence-electron chi connectivity index (χ4n) is 2.67. The third-order valence-corrected chi connectivity index (χ3v) is 5.34.